The molecule has 1 saturated carbocycles. The molecule has 0 atom stereocenters. The van der Waals surface area contributed by atoms with E-state index in [2.05, 4.69) is 4.98 Å². The summed E-state index contributed by atoms with van der Waals surface area (Å²) in [6.07, 6.45) is 2.42. The van der Waals surface area contributed by atoms with Crippen molar-refractivity contribution in [1.29, 1.82) is 0 Å². The van der Waals surface area contributed by atoms with Crippen molar-refractivity contribution in [3.05, 3.63) is 16.1 Å². The summed E-state index contributed by atoms with van der Waals surface area (Å²) in [7, 11) is 0. The van der Waals surface area contributed by atoms with Crippen molar-refractivity contribution >= 4 is 28.2 Å². The van der Waals surface area contributed by atoms with Crippen molar-refractivity contribution in [2.75, 3.05) is 0 Å². The molecule has 0 amide bonds. The van der Waals surface area contributed by atoms with Gasteiger partial charge in [0.05, 0.1) is 5.01 Å². The second-order valence-electron chi connectivity index (χ2n) is 2.62. The molecule has 0 saturated heterocycles. The van der Waals surface area contributed by atoms with Crippen LogP contribution in [0.4, 0.5) is 0 Å². The summed E-state index contributed by atoms with van der Waals surface area (Å²) >= 11 is 6.78. The van der Waals surface area contributed by atoms with Gasteiger partial charge in [-0.25, -0.2) is 4.98 Å². The second-order valence-corrected chi connectivity index (χ2v) is 3.85. The van der Waals surface area contributed by atoms with Gasteiger partial charge in [0, 0.05) is 11.3 Å². The third-order valence-electron chi connectivity index (χ3n) is 1.65. The van der Waals surface area contributed by atoms with Crippen LogP contribution in [0.1, 0.15) is 34.3 Å². The third-order valence-corrected chi connectivity index (χ3v) is 2.85. The number of thiazole rings is 1. The van der Waals surface area contributed by atoms with Crippen molar-refractivity contribution in [3.63, 3.8) is 0 Å². The van der Waals surface area contributed by atoms with Crippen LogP contribution in [-0.2, 0) is 0 Å². The van der Waals surface area contributed by atoms with E-state index in [1.165, 1.54) is 24.2 Å². The molecule has 2 rings (SSSR count). The van der Waals surface area contributed by atoms with E-state index in [0.29, 0.717) is 11.6 Å². The van der Waals surface area contributed by atoms with Gasteiger partial charge in [0.2, 0.25) is 0 Å². The molecule has 1 aliphatic carbocycles. The molecule has 1 heterocycles. The van der Waals surface area contributed by atoms with Gasteiger partial charge < -0.3 is 0 Å². The Balaban J connectivity index is 2.25. The molecule has 0 aliphatic heterocycles. The topological polar surface area (TPSA) is 30.0 Å². The molecule has 4 heteroatoms. The van der Waals surface area contributed by atoms with E-state index in [0.717, 1.165) is 5.01 Å². The number of halogens is 1. The maximum Gasteiger partial charge on any atom is 0.271 e. The van der Waals surface area contributed by atoms with Crippen LogP contribution in [0.5, 0.6) is 0 Å². The van der Waals surface area contributed by atoms with Gasteiger partial charge in [-0.05, 0) is 24.4 Å². The summed E-state index contributed by atoms with van der Waals surface area (Å²) < 4.78 is 0. The average molecular weight is 188 g/mol. The molecular formula is C7H6ClNOS. The lowest BCUT2D eigenvalue weighted by molar-refractivity contribution is 0.107. The summed E-state index contributed by atoms with van der Waals surface area (Å²) in [5.74, 6) is 0.616. The molecule has 58 valence electrons. The lowest BCUT2D eigenvalue weighted by atomic mass is 10.4. The van der Waals surface area contributed by atoms with Crippen LogP contribution in [0.2, 0.25) is 0 Å². The number of rotatable bonds is 2. The Bertz CT molecular complexity index is 292. The Morgan fingerprint density at radius 1 is 1.73 bits per heavy atom. The van der Waals surface area contributed by atoms with Gasteiger partial charge in [0.15, 0.2) is 0 Å². The largest absolute Gasteiger partial charge is 0.274 e. The van der Waals surface area contributed by atoms with E-state index in [-0.39, 0.29) is 0 Å². The zero-order valence-corrected chi connectivity index (χ0v) is 7.28. The molecule has 1 aliphatic rings. The average Bonchev–Trinajstić information content (AvgIpc) is 2.68. The van der Waals surface area contributed by atoms with Crippen molar-refractivity contribution in [1.82, 2.24) is 4.98 Å². The van der Waals surface area contributed by atoms with Gasteiger partial charge >= 0.3 is 0 Å². The minimum atomic E-state index is -0.451. The monoisotopic (exact) mass is 187 g/mol. The van der Waals surface area contributed by atoms with Gasteiger partial charge in [-0.15, -0.1) is 11.3 Å². The van der Waals surface area contributed by atoms with E-state index < -0.39 is 5.24 Å². The number of aromatic nitrogens is 1. The zero-order chi connectivity index (χ0) is 7.84. The highest BCUT2D eigenvalue weighted by Crippen LogP contribution is 2.41. The first-order chi connectivity index (χ1) is 5.27. The fourth-order valence-electron chi connectivity index (χ4n) is 0.896. The molecule has 0 aromatic carbocycles. The second kappa shape index (κ2) is 2.57. The fraction of sp³-hybridized carbons (Fsp3) is 0.429. The van der Waals surface area contributed by atoms with E-state index in [1.54, 1.807) is 5.38 Å². The van der Waals surface area contributed by atoms with Gasteiger partial charge in [-0.1, -0.05) is 0 Å². The highest BCUT2D eigenvalue weighted by molar-refractivity contribution is 7.10. The number of carbonyl (C=O) groups excluding carboxylic acids is 1. The Labute approximate surface area is 73.2 Å². The van der Waals surface area contributed by atoms with Crippen molar-refractivity contribution in [2.45, 2.75) is 18.8 Å². The minimum absolute atomic E-state index is 0.401. The van der Waals surface area contributed by atoms with Crippen molar-refractivity contribution in [3.8, 4) is 0 Å². The molecule has 0 spiro atoms. The van der Waals surface area contributed by atoms with Crippen LogP contribution in [0.25, 0.3) is 0 Å². The smallest absolute Gasteiger partial charge is 0.271 e. The lowest BCUT2D eigenvalue weighted by Gasteiger charge is -1.84. The molecule has 1 aromatic rings. The molecule has 0 unspecified atom stereocenters. The highest BCUT2D eigenvalue weighted by atomic mass is 35.5. The van der Waals surface area contributed by atoms with Crippen LogP contribution in [0, 0.1) is 0 Å². The molecule has 0 N–H and O–H groups in total. The zero-order valence-electron chi connectivity index (χ0n) is 5.71. The summed E-state index contributed by atoms with van der Waals surface area (Å²) in [4.78, 5) is 14.7. The Morgan fingerprint density at radius 3 is 2.91 bits per heavy atom. The fourth-order valence-corrected chi connectivity index (χ4v) is 2.03. The van der Waals surface area contributed by atoms with Gasteiger partial charge in [0.25, 0.3) is 5.24 Å². The molecule has 0 bridgehead atoms. The van der Waals surface area contributed by atoms with Crippen LogP contribution in [-0.4, -0.2) is 10.2 Å². The highest BCUT2D eigenvalue weighted by Gasteiger charge is 2.27. The quantitative estimate of drug-likeness (QED) is 0.666. The Morgan fingerprint density at radius 2 is 2.45 bits per heavy atom. The summed E-state index contributed by atoms with van der Waals surface area (Å²) in [6, 6.07) is 0. The van der Waals surface area contributed by atoms with Crippen molar-refractivity contribution in [2.24, 2.45) is 0 Å². The predicted molar refractivity (Wildman–Crippen MR) is 44.3 cm³/mol. The number of hydrogen-bond acceptors (Lipinski definition) is 3. The van der Waals surface area contributed by atoms with E-state index in [9.17, 15) is 4.79 Å². The molecule has 2 nitrogen and oxygen atoms in total. The molecule has 11 heavy (non-hydrogen) atoms. The first-order valence-corrected chi connectivity index (χ1v) is 4.68. The first-order valence-electron chi connectivity index (χ1n) is 3.42. The van der Waals surface area contributed by atoms with E-state index >= 15 is 0 Å². The SMILES string of the molecule is O=C(Cl)c1csc(C2CC2)n1. The summed E-state index contributed by atoms with van der Waals surface area (Å²) in [5.41, 5.74) is 0.401. The number of carbonyl (C=O) groups is 1. The Hall–Kier alpha value is -0.410. The number of nitrogens with zero attached hydrogens (tertiary/aromatic N) is 1. The van der Waals surface area contributed by atoms with Crippen LogP contribution < -0.4 is 0 Å². The third kappa shape index (κ3) is 1.44. The molecule has 0 radical (unpaired) electrons. The van der Waals surface area contributed by atoms with Gasteiger partial charge in [0.1, 0.15) is 5.69 Å². The summed E-state index contributed by atoms with van der Waals surface area (Å²) in [6.45, 7) is 0. The molecular weight excluding hydrogens is 182 g/mol. The summed E-state index contributed by atoms with van der Waals surface area (Å²) in [5, 5.41) is 2.34. The standard InChI is InChI=1S/C7H6ClNOS/c8-6(10)5-3-11-7(9-5)4-1-2-4/h3-4H,1-2H2. The maximum absolute atomic E-state index is 10.6. The Kier molecular flexibility index (Phi) is 1.69. The normalized spacial score (nSPS) is 16.8. The molecule has 1 fully saturated rings. The van der Waals surface area contributed by atoms with E-state index in [4.69, 9.17) is 11.6 Å². The van der Waals surface area contributed by atoms with Gasteiger partial charge in [-0.2, -0.15) is 0 Å². The predicted octanol–water partition coefficient (Wildman–Crippen LogP) is 2.40. The first kappa shape index (κ1) is 7.25. The van der Waals surface area contributed by atoms with Gasteiger partial charge in [-0.3, -0.25) is 4.79 Å². The molecule has 1 aromatic heterocycles. The van der Waals surface area contributed by atoms with Crippen molar-refractivity contribution < 1.29 is 4.79 Å². The van der Waals surface area contributed by atoms with Crippen LogP contribution in [0.15, 0.2) is 5.38 Å². The minimum Gasteiger partial charge on any atom is -0.274 e. The van der Waals surface area contributed by atoms with Crippen LogP contribution >= 0.6 is 22.9 Å². The maximum atomic E-state index is 10.6. The number of hydrogen-bond donors (Lipinski definition) is 0. The van der Waals surface area contributed by atoms with Crippen LogP contribution in [0.3, 0.4) is 0 Å². The van der Waals surface area contributed by atoms with E-state index in [1.807, 2.05) is 0 Å². The lowest BCUT2D eigenvalue weighted by Crippen LogP contribution is -1.88.